The van der Waals surface area contributed by atoms with Crippen molar-refractivity contribution in [3.63, 3.8) is 0 Å². The number of benzene rings is 2. The molecule has 5 heteroatoms. The third-order valence-electron chi connectivity index (χ3n) is 5.54. The van der Waals surface area contributed by atoms with Gasteiger partial charge < -0.3 is 14.2 Å². The van der Waals surface area contributed by atoms with Crippen molar-refractivity contribution in [3.05, 3.63) is 71.8 Å². The third-order valence-corrected chi connectivity index (χ3v) is 5.54. The normalized spacial score (nSPS) is 26.6. The zero-order valence-corrected chi connectivity index (χ0v) is 16.5. The van der Waals surface area contributed by atoms with Crippen molar-refractivity contribution in [2.45, 2.75) is 52.1 Å². The van der Waals surface area contributed by atoms with E-state index in [1.165, 1.54) is 0 Å². The largest absolute Gasteiger partial charge is 0.451 e. The van der Waals surface area contributed by atoms with Crippen LogP contribution in [0.1, 0.15) is 54.3 Å². The molecule has 0 aromatic heterocycles. The van der Waals surface area contributed by atoms with Crippen molar-refractivity contribution in [3.8, 4) is 0 Å². The minimum Gasteiger partial charge on any atom is -0.451 e. The van der Waals surface area contributed by atoms with E-state index in [0.29, 0.717) is 11.1 Å². The lowest BCUT2D eigenvalue weighted by Crippen LogP contribution is -2.42. The van der Waals surface area contributed by atoms with Crippen molar-refractivity contribution >= 4 is 11.9 Å². The van der Waals surface area contributed by atoms with E-state index in [1.54, 1.807) is 48.5 Å². The first kappa shape index (κ1) is 20.1. The van der Waals surface area contributed by atoms with E-state index < -0.39 is 29.7 Å². The van der Waals surface area contributed by atoms with E-state index in [0.717, 1.165) is 12.8 Å². The molecule has 1 aliphatic heterocycles. The van der Waals surface area contributed by atoms with Crippen molar-refractivity contribution in [1.29, 1.82) is 0 Å². The Morgan fingerprint density at radius 2 is 1.39 bits per heavy atom. The van der Waals surface area contributed by atoms with E-state index in [1.807, 2.05) is 32.9 Å². The molecule has 2 aromatic rings. The van der Waals surface area contributed by atoms with Gasteiger partial charge in [0.05, 0.1) is 17.2 Å². The molecular formula is C23H26O5. The fourth-order valence-electron chi connectivity index (χ4n) is 3.66. The van der Waals surface area contributed by atoms with Crippen LogP contribution in [-0.2, 0) is 14.2 Å². The number of ether oxygens (including phenoxy) is 3. The van der Waals surface area contributed by atoms with Gasteiger partial charge >= 0.3 is 11.9 Å². The topological polar surface area (TPSA) is 61.8 Å². The summed E-state index contributed by atoms with van der Waals surface area (Å²) >= 11 is 0. The summed E-state index contributed by atoms with van der Waals surface area (Å²) in [5.41, 5.74) is 0.423. The Bertz CT molecular complexity index is 804. The van der Waals surface area contributed by atoms with Crippen LogP contribution in [0.25, 0.3) is 0 Å². The van der Waals surface area contributed by atoms with Crippen LogP contribution in [0.15, 0.2) is 60.7 Å². The summed E-state index contributed by atoms with van der Waals surface area (Å²) < 4.78 is 17.5. The molecule has 0 spiro atoms. The molecule has 0 aliphatic carbocycles. The molecule has 1 heterocycles. The van der Waals surface area contributed by atoms with E-state index in [-0.39, 0.29) is 6.10 Å². The Labute approximate surface area is 165 Å². The molecule has 0 radical (unpaired) electrons. The van der Waals surface area contributed by atoms with Gasteiger partial charge in [-0.1, -0.05) is 57.2 Å². The molecule has 4 atom stereocenters. The lowest BCUT2D eigenvalue weighted by atomic mass is 9.77. The number of esters is 2. The van der Waals surface area contributed by atoms with Crippen molar-refractivity contribution in [2.24, 2.45) is 5.41 Å². The average Bonchev–Trinajstić information content (AvgIpc) is 3.00. The van der Waals surface area contributed by atoms with Crippen molar-refractivity contribution < 1.29 is 23.8 Å². The van der Waals surface area contributed by atoms with Crippen molar-refractivity contribution in [2.75, 3.05) is 0 Å². The number of carbonyl (C=O) groups excluding carboxylic acids is 2. The number of hydrogen-bond donors (Lipinski definition) is 0. The fraction of sp³-hybridized carbons (Fsp3) is 0.391. The van der Waals surface area contributed by atoms with Gasteiger partial charge in [0.15, 0.2) is 6.10 Å². The molecule has 1 fully saturated rings. The summed E-state index contributed by atoms with van der Waals surface area (Å²) in [7, 11) is 0. The summed E-state index contributed by atoms with van der Waals surface area (Å²) in [5, 5.41) is 0. The lowest BCUT2D eigenvalue weighted by molar-refractivity contribution is -0.136. The van der Waals surface area contributed by atoms with Crippen LogP contribution in [0, 0.1) is 5.41 Å². The molecule has 0 bridgehead atoms. The quantitative estimate of drug-likeness (QED) is 0.682. The highest BCUT2D eigenvalue weighted by Crippen LogP contribution is 2.45. The van der Waals surface area contributed by atoms with Gasteiger partial charge in [-0.15, -0.1) is 0 Å². The summed E-state index contributed by atoms with van der Waals surface area (Å²) in [5.74, 6) is -0.951. The van der Waals surface area contributed by atoms with Crippen LogP contribution < -0.4 is 0 Å². The highest BCUT2D eigenvalue weighted by Gasteiger charge is 2.55. The predicted molar refractivity (Wildman–Crippen MR) is 105 cm³/mol. The Morgan fingerprint density at radius 3 is 1.86 bits per heavy atom. The van der Waals surface area contributed by atoms with Gasteiger partial charge in [-0.05, 0) is 37.1 Å². The second-order valence-corrected chi connectivity index (χ2v) is 7.22. The molecule has 5 nitrogen and oxygen atoms in total. The zero-order chi connectivity index (χ0) is 20.1. The number of rotatable bonds is 6. The maximum Gasteiger partial charge on any atom is 0.340 e. The molecule has 0 saturated carbocycles. The summed E-state index contributed by atoms with van der Waals surface area (Å²) in [6.07, 6.45) is -0.376. The van der Waals surface area contributed by atoms with Crippen LogP contribution >= 0.6 is 0 Å². The maximum atomic E-state index is 12.7. The lowest BCUT2D eigenvalue weighted by Gasteiger charge is -2.33. The van der Waals surface area contributed by atoms with Crippen LogP contribution in [0.5, 0.6) is 0 Å². The Kier molecular flexibility index (Phi) is 6.15. The van der Waals surface area contributed by atoms with E-state index in [2.05, 4.69) is 0 Å². The second kappa shape index (κ2) is 8.57. The first-order valence-corrected chi connectivity index (χ1v) is 9.67. The van der Waals surface area contributed by atoms with E-state index in [9.17, 15) is 9.59 Å². The summed E-state index contributed by atoms with van der Waals surface area (Å²) in [6, 6.07) is 17.5. The van der Waals surface area contributed by atoms with Crippen LogP contribution in [0.3, 0.4) is 0 Å². The second-order valence-electron chi connectivity index (χ2n) is 7.22. The average molecular weight is 382 g/mol. The molecule has 2 aromatic carbocycles. The standard InChI is InChI=1S/C23H26O5/c1-4-18-23(3,5-2)19(27-20(24)16-12-8-6-9-13-16)22(26-18)28-21(25)17-14-10-7-11-15-17/h6-15,18-19,22H,4-5H2,1-3H3/t18?,19-,22?,23-/m1/s1. The number of hydrogen-bond acceptors (Lipinski definition) is 5. The molecule has 0 amide bonds. The number of carbonyl (C=O) groups is 2. The van der Waals surface area contributed by atoms with E-state index >= 15 is 0 Å². The molecule has 1 aliphatic rings. The molecule has 2 unspecified atom stereocenters. The van der Waals surface area contributed by atoms with Gasteiger partial charge in [0.25, 0.3) is 0 Å². The monoisotopic (exact) mass is 382 g/mol. The Hall–Kier alpha value is -2.66. The van der Waals surface area contributed by atoms with Crippen LogP contribution in [-0.4, -0.2) is 30.4 Å². The predicted octanol–water partition coefficient (Wildman–Crippen LogP) is 4.62. The third kappa shape index (κ3) is 3.94. The smallest absolute Gasteiger partial charge is 0.340 e. The minimum absolute atomic E-state index is 0.181. The van der Waals surface area contributed by atoms with Gasteiger partial charge in [0, 0.05) is 5.41 Å². The van der Waals surface area contributed by atoms with Crippen LogP contribution in [0.2, 0.25) is 0 Å². The minimum atomic E-state index is -0.949. The maximum absolute atomic E-state index is 12.7. The summed E-state index contributed by atoms with van der Waals surface area (Å²) in [4.78, 5) is 25.2. The van der Waals surface area contributed by atoms with Gasteiger partial charge in [0.2, 0.25) is 6.29 Å². The van der Waals surface area contributed by atoms with Crippen LogP contribution in [0.4, 0.5) is 0 Å². The molecule has 1 saturated heterocycles. The fourth-order valence-corrected chi connectivity index (χ4v) is 3.66. The SMILES string of the molecule is CCC1OC(OC(=O)c2ccccc2)[C@@H](OC(=O)c2ccccc2)[C@]1(C)CC. The Morgan fingerprint density at radius 1 is 0.893 bits per heavy atom. The Balaban J connectivity index is 1.84. The molecule has 0 N–H and O–H groups in total. The zero-order valence-electron chi connectivity index (χ0n) is 16.5. The van der Waals surface area contributed by atoms with Crippen molar-refractivity contribution in [1.82, 2.24) is 0 Å². The molecular weight excluding hydrogens is 356 g/mol. The first-order chi connectivity index (χ1) is 13.5. The highest BCUT2D eigenvalue weighted by molar-refractivity contribution is 5.90. The summed E-state index contributed by atoms with van der Waals surface area (Å²) in [6.45, 7) is 6.05. The molecule has 148 valence electrons. The van der Waals surface area contributed by atoms with E-state index in [4.69, 9.17) is 14.2 Å². The highest BCUT2D eigenvalue weighted by atomic mass is 16.7. The van der Waals surface area contributed by atoms with Gasteiger partial charge in [0.1, 0.15) is 0 Å². The van der Waals surface area contributed by atoms with Gasteiger partial charge in [-0.2, -0.15) is 0 Å². The molecule has 28 heavy (non-hydrogen) atoms. The molecule has 3 rings (SSSR count). The van der Waals surface area contributed by atoms with Gasteiger partial charge in [-0.3, -0.25) is 0 Å². The first-order valence-electron chi connectivity index (χ1n) is 9.67. The van der Waals surface area contributed by atoms with Gasteiger partial charge in [-0.25, -0.2) is 9.59 Å².